The molecule has 1 N–H and O–H groups in total. The van der Waals surface area contributed by atoms with Crippen molar-refractivity contribution in [1.82, 2.24) is 14.9 Å². The molecule has 2 aromatic rings. The smallest absolute Gasteiger partial charge is 0.159 e. The Morgan fingerprint density at radius 3 is 2.90 bits per heavy atom. The summed E-state index contributed by atoms with van der Waals surface area (Å²) in [6.45, 7) is 2.51. The Labute approximate surface area is 116 Å². The fourth-order valence-corrected chi connectivity index (χ4v) is 1.82. The summed E-state index contributed by atoms with van der Waals surface area (Å²) in [5.74, 6) is -1.66. The van der Waals surface area contributed by atoms with E-state index < -0.39 is 11.6 Å². The standard InChI is InChI=1S/C14H17F2N3O/c1-20-5-4-17-7-12-9-19(10-18-12)8-11-2-3-13(15)14(16)6-11/h2-3,6,9-10,17H,4-5,7-8H2,1H3. The molecule has 0 aliphatic rings. The van der Waals surface area contributed by atoms with Crippen molar-refractivity contribution in [2.45, 2.75) is 13.1 Å². The van der Waals surface area contributed by atoms with Crippen LogP contribution in [0.5, 0.6) is 0 Å². The monoisotopic (exact) mass is 281 g/mol. The fraction of sp³-hybridized carbons (Fsp3) is 0.357. The summed E-state index contributed by atoms with van der Waals surface area (Å²) < 4.78 is 32.7. The molecule has 2 rings (SSSR count). The lowest BCUT2D eigenvalue weighted by molar-refractivity contribution is 0.199. The molecule has 0 saturated heterocycles. The van der Waals surface area contributed by atoms with Gasteiger partial charge in [-0.25, -0.2) is 13.8 Å². The summed E-state index contributed by atoms with van der Waals surface area (Å²) >= 11 is 0. The molecule has 0 radical (unpaired) electrons. The van der Waals surface area contributed by atoms with Gasteiger partial charge in [-0.3, -0.25) is 0 Å². The number of ether oxygens (including phenoxy) is 1. The van der Waals surface area contributed by atoms with Crippen LogP contribution in [0.15, 0.2) is 30.7 Å². The maximum Gasteiger partial charge on any atom is 0.159 e. The molecule has 0 spiro atoms. The molecule has 1 heterocycles. The van der Waals surface area contributed by atoms with Gasteiger partial charge in [-0.1, -0.05) is 6.07 Å². The van der Waals surface area contributed by atoms with E-state index in [1.54, 1.807) is 19.5 Å². The van der Waals surface area contributed by atoms with Gasteiger partial charge < -0.3 is 14.6 Å². The quantitative estimate of drug-likeness (QED) is 0.788. The second-order valence-corrected chi connectivity index (χ2v) is 4.46. The number of halogens is 2. The Morgan fingerprint density at radius 1 is 1.30 bits per heavy atom. The first-order valence-electron chi connectivity index (χ1n) is 6.33. The van der Waals surface area contributed by atoms with Crippen molar-refractivity contribution in [2.75, 3.05) is 20.3 Å². The number of methoxy groups -OCH3 is 1. The summed E-state index contributed by atoms with van der Waals surface area (Å²) in [4.78, 5) is 4.24. The predicted octanol–water partition coefficient (Wildman–Crippen LogP) is 1.95. The van der Waals surface area contributed by atoms with Gasteiger partial charge in [-0.15, -0.1) is 0 Å². The van der Waals surface area contributed by atoms with Crippen LogP contribution in [-0.2, 0) is 17.8 Å². The Morgan fingerprint density at radius 2 is 2.15 bits per heavy atom. The van der Waals surface area contributed by atoms with E-state index in [4.69, 9.17) is 4.74 Å². The lowest BCUT2D eigenvalue weighted by atomic mass is 10.2. The zero-order valence-corrected chi connectivity index (χ0v) is 11.3. The largest absolute Gasteiger partial charge is 0.383 e. The third-order valence-corrected chi connectivity index (χ3v) is 2.82. The van der Waals surface area contributed by atoms with E-state index >= 15 is 0 Å². The first-order chi connectivity index (χ1) is 9.69. The Hall–Kier alpha value is -1.79. The summed E-state index contributed by atoms with van der Waals surface area (Å²) in [5, 5.41) is 3.19. The first-order valence-corrected chi connectivity index (χ1v) is 6.33. The van der Waals surface area contributed by atoms with Gasteiger partial charge in [-0.2, -0.15) is 0 Å². The van der Waals surface area contributed by atoms with Crippen LogP contribution in [0.1, 0.15) is 11.3 Å². The van der Waals surface area contributed by atoms with Crippen molar-refractivity contribution in [3.8, 4) is 0 Å². The minimum atomic E-state index is -0.831. The normalized spacial score (nSPS) is 10.9. The van der Waals surface area contributed by atoms with Crippen LogP contribution in [0.4, 0.5) is 8.78 Å². The molecule has 0 aliphatic heterocycles. The van der Waals surface area contributed by atoms with Crippen molar-refractivity contribution in [3.05, 3.63) is 53.6 Å². The van der Waals surface area contributed by atoms with Gasteiger partial charge >= 0.3 is 0 Å². The molecule has 0 unspecified atom stereocenters. The van der Waals surface area contributed by atoms with Crippen LogP contribution >= 0.6 is 0 Å². The molecule has 0 amide bonds. The lowest BCUT2D eigenvalue weighted by Gasteiger charge is -2.03. The van der Waals surface area contributed by atoms with Crippen LogP contribution in [0.3, 0.4) is 0 Å². The molecule has 0 bridgehead atoms. The van der Waals surface area contributed by atoms with Gasteiger partial charge in [0.1, 0.15) is 0 Å². The number of hydrogen-bond acceptors (Lipinski definition) is 3. The molecule has 1 aromatic carbocycles. The van der Waals surface area contributed by atoms with Crippen molar-refractivity contribution >= 4 is 0 Å². The zero-order valence-electron chi connectivity index (χ0n) is 11.3. The van der Waals surface area contributed by atoms with E-state index in [0.717, 1.165) is 18.3 Å². The van der Waals surface area contributed by atoms with Gasteiger partial charge in [0.2, 0.25) is 0 Å². The topological polar surface area (TPSA) is 39.1 Å². The number of rotatable bonds is 7. The highest BCUT2D eigenvalue weighted by molar-refractivity contribution is 5.18. The van der Waals surface area contributed by atoms with E-state index in [-0.39, 0.29) is 0 Å². The summed E-state index contributed by atoms with van der Waals surface area (Å²) in [5.41, 5.74) is 1.59. The predicted molar refractivity (Wildman–Crippen MR) is 71.3 cm³/mol. The minimum Gasteiger partial charge on any atom is -0.383 e. The third kappa shape index (κ3) is 4.11. The molecular weight excluding hydrogens is 264 g/mol. The number of nitrogens with one attached hydrogen (secondary N) is 1. The van der Waals surface area contributed by atoms with E-state index in [1.807, 2.05) is 10.8 Å². The number of aromatic nitrogens is 2. The zero-order chi connectivity index (χ0) is 14.4. The molecular formula is C14H17F2N3O. The van der Waals surface area contributed by atoms with Crippen molar-refractivity contribution in [3.63, 3.8) is 0 Å². The Balaban J connectivity index is 1.90. The molecule has 20 heavy (non-hydrogen) atoms. The Bertz CT molecular complexity index is 557. The Kier molecular flexibility index (Phi) is 5.20. The van der Waals surface area contributed by atoms with Crippen molar-refractivity contribution in [1.29, 1.82) is 0 Å². The highest BCUT2D eigenvalue weighted by Gasteiger charge is 2.04. The number of imidazole rings is 1. The highest BCUT2D eigenvalue weighted by Crippen LogP contribution is 2.10. The van der Waals surface area contributed by atoms with Crippen LogP contribution in [0, 0.1) is 11.6 Å². The van der Waals surface area contributed by atoms with Gasteiger partial charge in [0.15, 0.2) is 11.6 Å². The molecule has 0 fully saturated rings. The average molecular weight is 281 g/mol. The van der Waals surface area contributed by atoms with Crippen LogP contribution in [0.25, 0.3) is 0 Å². The molecule has 4 nitrogen and oxygen atoms in total. The minimum absolute atomic E-state index is 0.461. The SMILES string of the molecule is COCCNCc1cn(Cc2ccc(F)c(F)c2)cn1. The maximum absolute atomic E-state index is 13.1. The van der Waals surface area contributed by atoms with Gasteiger partial charge in [-0.05, 0) is 17.7 Å². The second kappa shape index (κ2) is 7.12. The average Bonchev–Trinajstić information content (AvgIpc) is 2.87. The van der Waals surface area contributed by atoms with Gasteiger partial charge in [0, 0.05) is 32.9 Å². The number of nitrogens with zero attached hydrogens (tertiary/aromatic N) is 2. The van der Waals surface area contributed by atoms with Gasteiger partial charge in [0.05, 0.1) is 18.6 Å². The van der Waals surface area contributed by atoms with Gasteiger partial charge in [0.25, 0.3) is 0 Å². The molecule has 6 heteroatoms. The maximum atomic E-state index is 13.1. The second-order valence-electron chi connectivity index (χ2n) is 4.46. The number of hydrogen-bond donors (Lipinski definition) is 1. The molecule has 1 aromatic heterocycles. The van der Waals surface area contributed by atoms with Crippen molar-refractivity contribution in [2.24, 2.45) is 0 Å². The van der Waals surface area contributed by atoms with E-state index in [9.17, 15) is 8.78 Å². The summed E-state index contributed by atoms with van der Waals surface area (Å²) in [6.07, 6.45) is 3.55. The van der Waals surface area contributed by atoms with Crippen LogP contribution < -0.4 is 5.32 Å². The van der Waals surface area contributed by atoms with E-state index in [0.29, 0.717) is 25.3 Å². The summed E-state index contributed by atoms with van der Waals surface area (Å²) in [6, 6.07) is 3.90. The van der Waals surface area contributed by atoms with E-state index in [1.165, 1.54) is 6.07 Å². The molecule has 0 aliphatic carbocycles. The van der Waals surface area contributed by atoms with Crippen LogP contribution in [0.2, 0.25) is 0 Å². The van der Waals surface area contributed by atoms with E-state index in [2.05, 4.69) is 10.3 Å². The third-order valence-electron chi connectivity index (χ3n) is 2.82. The molecule has 108 valence electrons. The van der Waals surface area contributed by atoms with Crippen molar-refractivity contribution < 1.29 is 13.5 Å². The molecule has 0 atom stereocenters. The van der Waals surface area contributed by atoms with Crippen LogP contribution in [-0.4, -0.2) is 29.8 Å². The highest BCUT2D eigenvalue weighted by atomic mass is 19.2. The fourth-order valence-electron chi connectivity index (χ4n) is 1.82. The lowest BCUT2D eigenvalue weighted by Crippen LogP contribution is -2.18. The number of benzene rings is 1. The summed E-state index contributed by atoms with van der Waals surface area (Å²) in [7, 11) is 1.65. The molecule has 0 saturated carbocycles. The first kappa shape index (κ1) is 14.6.